The van der Waals surface area contributed by atoms with Gasteiger partial charge in [0.15, 0.2) is 0 Å². The average Bonchev–Trinajstić information content (AvgIpc) is 2.20. The zero-order chi connectivity index (χ0) is 10.4. The highest BCUT2D eigenvalue weighted by atomic mass is 14.9. The molecule has 0 aromatic rings. The summed E-state index contributed by atoms with van der Waals surface area (Å²) in [6.07, 6.45) is 8.62. The van der Waals surface area contributed by atoms with E-state index in [0.29, 0.717) is 0 Å². The van der Waals surface area contributed by atoms with Crippen molar-refractivity contribution in [1.29, 1.82) is 0 Å². The van der Waals surface area contributed by atoms with Crippen LogP contribution in [0.3, 0.4) is 0 Å². The standard InChI is InChI=1S/C13H27N/c1-4-13(14-10-11(2)3)12-8-6-5-7-9-12/h11-14H,4-10H2,1-3H3. The van der Waals surface area contributed by atoms with Crippen LogP contribution in [0.4, 0.5) is 0 Å². The highest BCUT2D eigenvalue weighted by molar-refractivity contribution is 4.78. The maximum absolute atomic E-state index is 3.74. The molecule has 1 nitrogen and oxygen atoms in total. The number of rotatable bonds is 5. The lowest BCUT2D eigenvalue weighted by atomic mass is 9.83. The lowest BCUT2D eigenvalue weighted by Crippen LogP contribution is -2.38. The molecule has 0 saturated heterocycles. The SMILES string of the molecule is CCC(NCC(C)C)C1CCCCC1. The molecule has 1 fully saturated rings. The molecule has 0 aromatic carbocycles. The first-order chi connectivity index (χ1) is 6.74. The van der Waals surface area contributed by atoms with E-state index in [4.69, 9.17) is 0 Å². The van der Waals surface area contributed by atoms with Gasteiger partial charge in [0.1, 0.15) is 0 Å². The Balaban J connectivity index is 2.28. The van der Waals surface area contributed by atoms with Gasteiger partial charge in [-0.3, -0.25) is 0 Å². The Kier molecular flexibility index (Phi) is 5.54. The summed E-state index contributed by atoms with van der Waals surface area (Å²) in [6.45, 7) is 8.10. The molecule has 0 spiro atoms. The van der Waals surface area contributed by atoms with E-state index in [2.05, 4.69) is 26.1 Å². The molecule has 1 unspecified atom stereocenters. The normalized spacial score (nSPS) is 21.4. The molecular formula is C13H27N. The molecule has 0 aromatic heterocycles. The molecule has 0 heterocycles. The van der Waals surface area contributed by atoms with Crippen molar-refractivity contribution in [2.45, 2.75) is 65.3 Å². The first-order valence-electron chi connectivity index (χ1n) is 6.47. The summed E-state index contributed by atoms with van der Waals surface area (Å²) < 4.78 is 0. The Hall–Kier alpha value is -0.0400. The molecule has 1 atom stereocenters. The van der Waals surface area contributed by atoms with E-state index in [1.54, 1.807) is 0 Å². The summed E-state index contributed by atoms with van der Waals surface area (Å²) >= 11 is 0. The molecule has 14 heavy (non-hydrogen) atoms. The fraction of sp³-hybridized carbons (Fsp3) is 1.00. The van der Waals surface area contributed by atoms with Gasteiger partial charge >= 0.3 is 0 Å². The second-order valence-corrected chi connectivity index (χ2v) is 5.21. The third-order valence-electron chi connectivity index (χ3n) is 3.45. The summed E-state index contributed by atoms with van der Waals surface area (Å²) in [5, 5.41) is 3.74. The van der Waals surface area contributed by atoms with Crippen LogP contribution in [0.25, 0.3) is 0 Å². The molecule has 1 N–H and O–H groups in total. The van der Waals surface area contributed by atoms with Crippen LogP contribution in [-0.4, -0.2) is 12.6 Å². The van der Waals surface area contributed by atoms with Gasteiger partial charge in [0.2, 0.25) is 0 Å². The summed E-state index contributed by atoms with van der Waals surface area (Å²) in [5.41, 5.74) is 0. The number of hydrogen-bond acceptors (Lipinski definition) is 1. The second-order valence-electron chi connectivity index (χ2n) is 5.21. The molecule has 0 aliphatic heterocycles. The highest BCUT2D eigenvalue weighted by Gasteiger charge is 2.21. The zero-order valence-electron chi connectivity index (χ0n) is 10.2. The first-order valence-corrected chi connectivity index (χ1v) is 6.47. The number of hydrogen-bond donors (Lipinski definition) is 1. The lowest BCUT2D eigenvalue weighted by molar-refractivity contribution is 0.257. The largest absolute Gasteiger partial charge is 0.313 e. The van der Waals surface area contributed by atoms with Crippen molar-refractivity contribution in [3.63, 3.8) is 0 Å². The van der Waals surface area contributed by atoms with Gasteiger partial charge in [-0.15, -0.1) is 0 Å². The van der Waals surface area contributed by atoms with Crippen molar-refractivity contribution in [3.8, 4) is 0 Å². The maximum atomic E-state index is 3.74. The predicted octanol–water partition coefficient (Wildman–Crippen LogP) is 3.59. The van der Waals surface area contributed by atoms with Crippen LogP contribution in [0.15, 0.2) is 0 Å². The lowest BCUT2D eigenvalue weighted by Gasteiger charge is -2.31. The Morgan fingerprint density at radius 3 is 2.29 bits per heavy atom. The molecule has 1 heteroatoms. The van der Waals surface area contributed by atoms with Crippen LogP contribution < -0.4 is 5.32 Å². The maximum Gasteiger partial charge on any atom is 0.00928 e. The predicted molar refractivity (Wildman–Crippen MR) is 63.5 cm³/mol. The summed E-state index contributed by atoms with van der Waals surface area (Å²) in [7, 11) is 0. The van der Waals surface area contributed by atoms with Crippen LogP contribution in [0.2, 0.25) is 0 Å². The van der Waals surface area contributed by atoms with Gasteiger partial charge in [0.05, 0.1) is 0 Å². The Bertz CT molecular complexity index is 136. The minimum absolute atomic E-state index is 0.785. The van der Waals surface area contributed by atoms with E-state index in [1.807, 2.05) is 0 Å². The first kappa shape index (κ1) is 12.0. The van der Waals surface area contributed by atoms with Gasteiger partial charge in [0, 0.05) is 6.04 Å². The van der Waals surface area contributed by atoms with Crippen LogP contribution in [-0.2, 0) is 0 Å². The molecule has 0 radical (unpaired) electrons. The summed E-state index contributed by atoms with van der Waals surface area (Å²) in [5.74, 6) is 1.75. The van der Waals surface area contributed by atoms with E-state index in [9.17, 15) is 0 Å². The van der Waals surface area contributed by atoms with Crippen molar-refractivity contribution in [3.05, 3.63) is 0 Å². The molecule has 84 valence electrons. The van der Waals surface area contributed by atoms with Crippen molar-refractivity contribution in [1.82, 2.24) is 5.32 Å². The number of nitrogens with one attached hydrogen (secondary N) is 1. The Labute approximate surface area is 89.7 Å². The van der Waals surface area contributed by atoms with E-state index in [0.717, 1.165) is 17.9 Å². The van der Waals surface area contributed by atoms with Crippen LogP contribution >= 0.6 is 0 Å². The second kappa shape index (κ2) is 6.44. The van der Waals surface area contributed by atoms with Gasteiger partial charge in [-0.05, 0) is 37.6 Å². The van der Waals surface area contributed by atoms with E-state index < -0.39 is 0 Å². The molecule has 1 aliphatic rings. The minimum atomic E-state index is 0.785. The Morgan fingerprint density at radius 2 is 1.79 bits per heavy atom. The average molecular weight is 197 g/mol. The van der Waals surface area contributed by atoms with Crippen LogP contribution in [0.5, 0.6) is 0 Å². The monoisotopic (exact) mass is 197 g/mol. The molecule has 1 saturated carbocycles. The molecular weight excluding hydrogens is 170 g/mol. The van der Waals surface area contributed by atoms with E-state index in [1.165, 1.54) is 45.1 Å². The molecule has 1 rings (SSSR count). The quantitative estimate of drug-likeness (QED) is 0.710. The minimum Gasteiger partial charge on any atom is -0.313 e. The van der Waals surface area contributed by atoms with Crippen molar-refractivity contribution in [2.75, 3.05) is 6.54 Å². The fourth-order valence-electron chi connectivity index (χ4n) is 2.57. The van der Waals surface area contributed by atoms with Gasteiger partial charge in [-0.1, -0.05) is 40.0 Å². The van der Waals surface area contributed by atoms with Gasteiger partial charge < -0.3 is 5.32 Å². The topological polar surface area (TPSA) is 12.0 Å². The van der Waals surface area contributed by atoms with Crippen molar-refractivity contribution >= 4 is 0 Å². The van der Waals surface area contributed by atoms with Gasteiger partial charge in [0.25, 0.3) is 0 Å². The van der Waals surface area contributed by atoms with Crippen LogP contribution in [0.1, 0.15) is 59.3 Å². The fourth-order valence-corrected chi connectivity index (χ4v) is 2.57. The molecule has 0 bridgehead atoms. The third kappa shape index (κ3) is 4.00. The van der Waals surface area contributed by atoms with Crippen molar-refractivity contribution < 1.29 is 0 Å². The Morgan fingerprint density at radius 1 is 1.14 bits per heavy atom. The third-order valence-corrected chi connectivity index (χ3v) is 3.45. The zero-order valence-corrected chi connectivity index (χ0v) is 10.2. The smallest absolute Gasteiger partial charge is 0.00928 e. The van der Waals surface area contributed by atoms with Gasteiger partial charge in [-0.2, -0.15) is 0 Å². The summed E-state index contributed by atoms with van der Waals surface area (Å²) in [6, 6.07) is 0.790. The van der Waals surface area contributed by atoms with Crippen molar-refractivity contribution in [2.24, 2.45) is 11.8 Å². The highest BCUT2D eigenvalue weighted by Crippen LogP contribution is 2.27. The van der Waals surface area contributed by atoms with Crippen LogP contribution in [0, 0.1) is 11.8 Å². The van der Waals surface area contributed by atoms with E-state index >= 15 is 0 Å². The van der Waals surface area contributed by atoms with Gasteiger partial charge in [-0.25, -0.2) is 0 Å². The summed E-state index contributed by atoms with van der Waals surface area (Å²) in [4.78, 5) is 0. The molecule has 1 aliphatic carbocycles. The van der Waals surface area contributed by atoms with E-state index in [-0.39, 0.29) is 0 Å². The molecule has 0 amide bonds.